The fourth-order valence-corrected chi connectivity index (χ4v) is 6.30. The normalized spacial score (nSPS) is 14.7. The Balaban J connectivity index is 0.00000484. The van der Waals surface area contributed by atoms with Gasteiger partial charge >= 0.3 is 35.4 Å². The van der Waals surface area contributed by atoms with Crippen molar-refractivity contribution in [3.8, 4) is 5.75 Å². The number of aryl methyl sites for hydroxylation is 1. The van der Waals surface area contributed by atoms with Crippen LogP contribution < -0.4 is 43.8 Å². The zero-order chi connectivity index (χ0) is 29.8. The van der Waals surface area contributed by atoms with Gasteiger partial charge in [-0.2, -0.15) is 4.57 Å². The van der Waals surface area contributed by atoms with E-state index in [0.29, 0.717) is 55.5 Å². The number of allylic oxidation sites excluding steroid dienone is 2. The van der Waals surface area contributed by atoms with Crippen molar-refractivity contribution in [2.24, 2.45) is 0 Å². The number of rotatable bonds is 13. The van der Waals surface area contributed by atoms with Crippen molar-refractivity contribution in [1.82, 2.24) is 0 Å². The van der Waals surface area contributed by atoms with Gasteiger partial charge in [-0.05, 0) is 61.6 Å². The number of oxazole rings is 1. The largest absolute Gasteiger partial charge is 1.00 e. The van der Waals surface area contributed by atoms with E-state index in [-0.39, 0.29) is 42.4 Å². The number of halogens is 2. The monoisotopic (exact) mass is 754 g/mol. The van der Waals surface area contributed by atoms with Crippen LogP contribution in [0.25, 0.3) is 17.2 Å². The molecule has 0 radical (unpaired) electrons. The minimum Gasteiger partial charge on any atom is -0.748 e. The van der Waals surface area contributed by atoms with Gasteiger partial charge in [-0.3, -0.25) is 0 Å². The molecule has 0 fully saturated rings. The Morgan fingerprint density at radius 1 is 0.952 bits per heavy atom. The number of nitrogens with zero attached hydrogens (tertiary/aromatic N) is 2. The van der Waals surface area contributed by atoms with E-state index in [1.165, 1.54) is 0 Å². The Morgan fingerprint density at radius 2 is 1.60 bits per heavy atom. The molecule has 0 aliphatic carbocycles. The molecule has 2 heterocycles. The fourth-order valence-electron chi connectivity index (χ4n) is 4.49. The molecule has 0 bridgehead atoms. The van der Waals surface area contributed by atoms with Gasteiger partial charge in [-0.25, -0.2) is 16.8 Å². The Labute approximate surface area is 284 Å². The summed E-state index contributed by atoms with van der Waals surface area (Å²) in [6.07, 6.45) is 5.83. The minimum absolute atomic E-state index is 0. The zero-order valence-corrected chi connectivity index (χ0v) is 30.0. The van der Waals surface area contributed by atoms with Crippen LogP contribution in [0.4, 0.5) is 5.69 Å². The molecule has 42 heavy (non-hydrogen) atoms. The van der Waals surface area contributed by atoms with Gasteiger partial charge in [0.2, 0.25) is 11.5 Å². The van der Waals surface area contributed by atoms with Gasteiger partial charge in [0.05, 0.1) is 32.0 Å². The van der Waals surface area contributed by atoms with Crippen molar-refractivity contribution in [3.63, 3.8) is 0 Å². The van der Waals surface area contributed by atoms with E-state index in [9.17, 15) is 25.9 Å². The summed E-state index contributed by atoms with van der Waals surface area (Å²) < 4.78 is 82.4. The zero-order valence-electron chi connectivity index (χ0n) is 23.2. The van der Waals surface area contributed by atoms with Crippen molar-refractivity contribution < 1.29 is 69.2 Å². The fraction of sp³-hybridized carbons (Fsp3) is 0.370. The molecule has 0 atom stereocenters. The first-order valence-electron chi connectivity index (χ1n) is 13.0. The maximum Gasteiger partial charge on any atom is 1.00 e. The molecule has 0 amide bonds. The first kappa shape index (κ1) is 35.3. The van der Waals surface area contributed by atoms with E-state index in [2.05, 4.69) is 31.9 Å². The molecule has 1 aliphatic heterocycles. The van der Waals surface area contributed by atoms with Crippen LogP contribution in [0, 0.1) is 0 Å². The summed E-state index contributed by atoms with van der Waals surface area (Å²) in [5.41, 5.74) is 3.18. The molecule has 1 aliphatic rings. The maximum absolute atomic E-state index is 11.1. The van der Waals surface area contributed by atoms with Gasteiger partial charge in [0, 0.05) is 45.6 Å². The number of anilines is 1. The number of unbranched alkanes of at least 4 members (excludes halogenated alkanes) is 2. The minimum atomic E-state index is -4.28. The van der Waals surface area contributed by atoms with Crippen LogP contribution >= 0.6 is 31.9 Å². The van der Waals surface area contributed by atoms with Crippen LogP contribution in [0.3, 0.4) is 0 Å². The van der Waals surface area contributed by atoms with Crippen molar-refractivity contribution in [3.05, 3.63) is 68.8 Å². The van der Waals surface area contributed by atoms with Crippen molar-refractivity contribution in [2.45, 2.75) is 45.6 Å². The van der Waals surface area contributed by atoms with E-state index in [1.54, 1.807) is 0 Å². The predicted molar refractivity (Wildman–Crippen MR) is 160 cm³/mol. The summed E-state index contributed by atoms with van der Waals surface area (Å²) in [6, 6.07) is 11.3. The van der Waals surface area contributed by atoms with Crippen LogP contribution in [0.15, 0.2) is 67.3 Å². The van der Waals surface area contributed by atoms with Crippen LogP contribution in [0.2, 0.25) is 0 Å². The van der Waals surface area contributed by atoms with Gasteiger partial charge in [0.25, 0.3) is 5.52 Å². The Bertz CT molecular complexity index is 1710. The predicted octanol–water partition coefficient (Wildman–Crippen LogP) is 2.43. The summed E-state index contributed by atoms with van der Waals surface area (Å²) in [6.45, 7) is 2.89. The number of fused-ring (bicyclic) bond motifs is 2. The Kier molecular flexibility index (Phi) is 12.7. The number of ether oxygens (including phenoxy) is 1. The van der Waals surface area contributed by atoms with Crippen molar-refractivity contribution >= 4 is 75.0 Å². The quantitative estimate of drug-likeness (QED) is 0.111. The third-order valence-electron chi connectivity index (χ3n) is 6.46. The van der Waals surface area contributed by atoms with E-state index in [4.69, 9.17) is 9.15 Å². The molecule has 0 saturated heterocycles. The molecule has 0 unspecified atom stereocenters. The van der Waals surface area contributed by atoms with E-state index in [0.717, 1.165) is 25.7 Å². The standard InChI is InChI=1S/C27H30Br2N2O8S2.Na/c1-2-19(15-26-30(11-3-5-13-40(32,33)34)22-17-20(28)7-9-24(22)38-26)16-27-31(12-4-6-14-41(35,36)37)23-18-21(29)8-10-25(23)39-27;/h7-10,15-18H,2-6,11-14H2,1H3,(H-,32,33,34,35,36,37);/q;+1/p-1. The smallest absolute Gasteiger partial charge is 0.748 e. The second-order valence-corrected chi connectivity index (χ2v) is 14.4. The third kappa shape index (κ3) is 9.89. The van der Waals surface area contributed by atoms with Gasteiger partial charge < -0.3 is 23.2 Å². The van der Waals surface area contributed by atoms with E-state index in [1.807, 2.05) is 64.9 Å². The number of benzene rings is 2. The maximum atomic E-state index is 11.1. The van der Waals surface area contributed by atoms with Crippen LogP contribution in [0.1, 0.15) is 44.9 Å². The SMILES string of the molecule is CCC(=C/c1oc2ccc(Br)cc2[n+]1CCCCS(=O)(=O)[O-])/C=C1\Oc2ccc(Br)cc2N1CCCCS(=O)(=O)[O-].[Na+]. The molecule has 0 N–H and O–H groups in total. The number of hydrogen-bond acceptors (Lipinski definition) is 9. The summed E-state index contributed by atoms with van der Waals surface area (Å²) in [5, 5.41) is 0. The topological polar surface area (TPSA) is 144 Å². The average molecular weight is 756 g/mol. The molecule has 222 valence electrons. The second-order valence-electron chi connectivity index (χ2n) is 9.56. The van der Waals surface area contributed by atoms with Gasteiger partial charge in [0.15, 0.2) is 12.3 Å². The Hall–Kier alpha value is -1.23. The third-order valence-corrected chi connectivity index (χ3v) is 9.03. The molecule has 3 aromatic rings. The molecule has 2 aromatic carbocycles. The summed E-state index contributed by atoms with van der Waals surface area (Å²) >= 11 is 6.98. The van der Waals surface area contributed by atoms with E-state index >= 15 is 0 Å². The molecule has 15 heteroatoms. The second kappa shape index (κ2) is 15.2. The summed E-state index contributed by atoms with van der Waals surface area (Å²) in [5.74, 6) is 0.928. The average Bonchev–Trinajstić information content (AvgIpc) is 3.39. The van der Waals surface area contributed by atoms with Crippen LogP contribution in [-0.2, 0) is 26.8 Å². The van der Waals surface area contributed by atoms with Gasteiger partial charge in [-0.1, -0.05) is 38.8 Å². The number of hydrogen-bond donors (Lipinski definition) is 0. The number of aromatic nitrogens is 1. The molecular weight excluding hydrogens is 727 g/mol. The van der Waals surface area contributed by atoms with E-state index < -0.39 is 31.7 Å². The van der Waals surface area contributed by atoms with Crippen molar-refractivity contribution in [2.75, 3.05) is 23.0 Å². The Morgan fingerprint density at radius 3 is 2.26 bits per heavy atom. The first-order chi connectivity index (χ1) is 19.3. The molecule has 4 rings (SSSR count). The molecule has 0 spiro atoms. The molecule has 1 aromatic heterocycles. The van der Waals surface area contributed by atoms with Gasteiger partial charge in [0.1, 0.15) is 0 Å². The van der Waals surface area contributed by atoms with Crippen LogP contribution in [0.5, 0.6) is 5.75 Å². The molecule has 0 saturated carbocycles. The first-order valence-corrected chi connectivity index (χ1v) is 17.7. The van der Waals surface area contributed by atoms with Crippen LogP contribution in [-0.4, -0.2) is 44.0 Å². The summed E-state index contributed by atoms with van der Waals surface area (Å²) in [7, 11) is -8.57. The van der Waals surface area contributed by atoms with Gasteiger partial charge in [-0.15, -0.1) is 0 Å². The molecular formula is C27H29Br2N2NaO8S2. The van der Waals surface area contributed by atoms with Crippen molar-refractivity contribution in [1.29, 1.82) is 0 Å². The molecule has 10 nitrogen and oxygen atoms in total. The summed E-state index contributed by atoms with van der Waals surface area (Å²) in [4.78, 5) is 1.95.